The molecule has 0 aromatic rings. The summed E-state index contributed by atoms with van der Waals surface area (Å²) in [6.07, 6.45) is -0.00508. The summed E-state index contributed by atoms with van der Waals surface area (Å²) < 4.78 is 0. The Morgan fingerprint density at radius 3 is 1.84 bits per heavy atom. The van der Waals surface area contributed by atoms with Crippen LogP contribution in [0.2, 0.25) is 0 Å². The molecule has 0 aromatic heterocycles. The van der Waals surface area contributed by atoms with Gasteiger partial charge < -0.3 is 37.0 Å². The zero-order valence-electron chi connectivity index (χ0n) is 18.3. The van der Waals surface area contributed by atoms with Gasteiger partial charge in [0.05, 0.1) is 19.1 Å². The molecule has 0 saturated heterocycles. The molecule has 0 bridgehead atoms. The van der Waals surface area contributed by atoms with E-state index in [0.717, 1.165) is 0 Å². The summed E-state index contributed by atoms with van der Waals surface area (Å²) in [6, 6.07) is -5.17. The van der Waals surface area contributed by atoms with Crippen LogP contribution in [0.25, 0.3) is 0 Å². The van der Waals surface area contributed by atoms with Gasteiger partial charge in [-0.1, -0.05) is 34.1 Å². The van der Waals surface area contributed by atoms with Gasteiger partial charge in [-0.25, -0.2) is 4.79 Å². The molecular formula is C19H34N4O8. The Hall–Kier alpha value is -2.73. The summed E-state index contributed by atoms with van der Waals surface area (Å²) in [6.45, 7) is 6.24. The summed E-state index contributed by atoms with van der Waals surface area (Å²) in [5.74, 6) is -5.46. The number of carbonyl (C=O) groups is 5. The van der Waals surface area contributed by atoms with Gasteiger partial charge in [-0.2, -0.15) is 0 Å². The Morgan fingerprint density at radius 2 is 1.42 bits per heavy atom. The maximum Gasteiger partial charge on any atom is 0.326 e. The van der Waals surface area contributed by atoms with Crippen LogP contribution in [0.15, 0.2) is 0 Å². The second-order valence-corrected chi connectivity index (χ2v) is 7.85. The lowest BCUT2D eigenvalue weighted by molar-refractivity contribution is -0.143. The quantitative estimate of drug-likeness (QED) is 0.164. The molecule has 0 saturated carbocycles. The van der Waals surface area contributed by atoms with E-state index in [1.807, 2.05) is 0 Å². The van der Waals surface area contributed by atoms with Gasteiger partial charge >= 0.3 is 11.9 Å². The van der Waals surface area contributed by atoms with Gasteiger partial charge in [-0.05, 0) is 18.3 Å². The van der Waals surface area contributed by atoms with E-state index < -0.39 is 66.9 Å². The van der Waals surface area contributed by atoms with Crippen LogP contribution in [0.3, 0.4) is 0 Å². The predicted molar refractivity (Wildman–Crippen MR) is 110 cm³/mol. The number of aliphatic carboxylic acids is 2. The summed E-state index contributed by atoms with van der Waals surface area (Å²) in [5, 5.41) is 34.5. The highest BCUT2D eigenvalue weighted by atomic mass is 16.4. The minimum absolute atomic E-state index is 0.00188. The molecule has 12 heteroatoms. The molecule has 0 aliphatic carbocycles. The molecule has 0 aliphatic heterocycles. The van der Waals surface area contributed by atoms with Gasteiger partial charge in [0, 0.05) is 0 Å². The van der Waals surface area contributed by atoms with Crippen LogP contribution >= 0.6 is 0 Å². The minimum atomic E-state index is -1.47. The van der Waals surface area contributed by atoms with Crippen LogP contribution in [0.4, 0.5) is 0 Å². The fourth-order valence-corrected chi connectivity index (χ4v) is 2.66. The van der Waals surface area contributed by atoms with E-state index >= 15 is 0 Å². The fraction of sp³-hybridized carbons (Fsp3) is 0.737. The van der Waals surface area contributed by atoms with Gasteiger partial charge in [0.1, 0.15) is 18.1 Å². The Kier molecular flexibility index (Phi) is 12.4. The van der Waals surface area contributed by atoms with E-state index in [4.69, 9.17) is 10.8 Å². The first-order valence-electron chi connectivity index (χ1n) is 10.1. The molecular weight excluding hydrogens is 412 g/mol. The Labute approximate surface area is 180 Å². The molecule has 0 heterocycles. The van der Waals surface area contributed by atoms with Crippen molar-refractivity contribution >= 4 is 29.7 Å². The first kappa shape index (κ1) is 28.3. The average molecular weight is 447 g/mol. The van der Waals surface area contributed by atoms with E-state index in [-0.39, 0.29) is 18.3 Å². The van der Waals surface area contributed by atoms with Gasteiger partial charge in [0.15, 0.2) is 0 Å². The molecule has 31 heavy (non-hydrogen) atoms. The lowest BCUT2D eigenvalue weighted by Gasteiger charge is -2.27. The lowest BCUT2D eigenvalue weighted by Crippen LogP contribution is -2.59. The minimum Gasteiger partial charge on any atom is -0.481 e. The number of carboxylic acids is 2. The van der Waals surface area contributed by atoms with Crippen LogP contribution in [-0.2, 0) is 24.0 Å². The van der Waals surface area contributed by atoms with E-state index in [1.54, 1.807) is 27.7 Å². The first-order valence-corrected chi connectivity index (χ1v) is 10.1. The van der Waals surface area contributed by atoms with E-state index in [1.165, 1.54) is 0 Å². The third-order valence-electron chi connectivity index (χ3n) is 4.66. The van der Waals surface area contributed by atoms with E-state index in [2.05, 4.69) is 16.0 Å². The molecule has 12 nitrogen and oxygen atoms in total. The molecule has 0 rings (SSSR count). The van der Waals surface area contributed by atoms with Gasteiger partial charge in [-0.15, -0.1) is 0 Å². The topological polar surface area (TPSA) is 208 Å². The Bertz CT molecular complexity index is 655. The number of amides is 3. The number of carbonyl (C=O) groups excluding carboxylic acids is 3. The van der Waals surface area contributed by atoms with Crippen molar-refractivity contribution in [1.29, 1.82) is 0 Å². The van der Waals surface area contributed by atoms with Gasteiger partial charge in [-0.3, -0.25) is 19.2 Å². The predicted octanol–water partition coefficient (Wildman–Crippen LogP) is -1.59. The maximum absolute atomic E-state index is 12.7. The summed E-state index contributed by atoms with van der Waals surface area (Å²) in [7, 11) is 0. The number of nitrogens with one attached hydrogen (secondary N) is 3. The molecule has 0 aromatic carbocycles. The van der Waals surface area contributed by atoms with E-state index in [9.17, 15) is 34.2 Å². The molecule has 0 aliphatic rings. The van der Waals surface area contributed by atoms with Crippen molar-refractivity contribution < 1.29 is 39.3 Å². The number of aliphatic hydroxyl groups excluding tert-OH is 1. The van der Waals surface area contributed by atoms with Crippen molar-refractivity contribution in [3.05, 3.63) is 0 Å². The fourth-order valence-electron chi connectivity index (χ4n) is 2.66. The third kappa shape index (κ3) is 10.2. The molecule has 5 unspecified atom stereocenters. The number of aliphatic hydroxyl groups is 1. The zero-order valence-corrected chi connectivity index (χ0v) is 18.3. The monoisotopic (exact) mass is 446 g/mol. The lowest BCUT2D eigenvalue weighted by atomic mass is 9.96. The second kappa shape index (κ2) is 13.5. The smallest absolute Gasteiger partial charge is 0.326 e. The highest BCUT2D eigenvalue weighted by molar-refractivity contribution is 5.94. The highest BCUT2D eigenvalue weighted by Gasteiger charge is 2.32. The first-order chi connectivity index (χ1) is 14.3. The second-order valence-electron chi connectivity index (χ2n) is 7.85. The van der Waals surface area contributed by atoms with Crippen LogP contribution in [-0.4, -0.2) is 75.8 Å². The summed E-state index contributed by atoms with van der Waals surface area (Å²) >= 11 is 0. The Morgan fingerprint density at radius 1 is 0.871 bits per heavy atom. The normalized spacial score (nSPS) is 15.8. The van der Waals surface area contributed by atoms with Crippen LogP contribution in [0.1, 0.15) is 47.0 Å². The van der Waals surface area contributed by atoms with Crippen LogP contribution in [0, 0.1) is 11.8 Å². The molecule has 0 spiro atoms. The van der Waals surface area contributed by atoms with Crippen molar-refractivity contribution in [2.45, 2.75) is 71.1 Å². The number of nitrogens with two attached hydrogens (primary N) is 1. The van der Waals surface area contributed by atoms with Crippen molar-refractivity contribution in [2.24, 2.45) is 17.6 Å². The summed E-state index contributed by atoms with van der Waals surface area (Å²) in [5.41, 5.74) is 5.44. The molecule has 8 N–H and O–H groups in total. The number of hydrogen-bond acceptors (Lipinski definition) is 7. The number of hydrogen-bond donors (Lipinski definition) is 7. The largest absolute Gasteiger partial charge is 0.481 e. The maximum atomic E-state index is 12.7. The Balaban J connectivity index is 5.33. The number of rotatable bonds is 14. The molecule has 3 amide bonds. The molecule has 5 atom stereocenters. The van der Waals surface area contributed by atoms with Gasteiger partial charge in [0.2, 0.25) is 17.7 Å². The van der Waals surface area contributed by atoms with Crippen molar-refractivity contribution in [3.8, 4) is 0 Å². The van der Waals surface area contributed by atoms with Crippen molar-refractivity contribution in [1.82, 2.24) is 16.0 Å². The summed E-state index contributed by atoms with van der Waals surface area (Å²) in [4.78, 5) is 59.3. The van der Waals surface area contributed by atoms with Crippen LogP contribution in [0.5, 0.6) is 0 Å². The van der Waals surface area contributed by atoms with Crippen molar-refractivity contribution in [2.75, 3.05) is 6.61 Å². The third-order valence-corrected chi connectivity index (χ3v) is 4.66. The highest BCUT2D eigenvalue weighted by Crippen LogP contribution is 2.11. The van der Waals surface area contributed by atoms with Crippen molar-refractivity contribution in [3.63, 3.8) is 0 Å². The average Bonchev–Trinajstić information content (AvgIpc) is 2.67. The molecule has 178 valence electrons. The van der Waals surface area contributed by atoms with Gasteiger partial charge in [0.25, 0.3) is 0 Å². The van der Waals surface area contributed by atoms with Crippen LogP contribution < -0.4 is 21.7 Å². The number of carboxylic acid groups (broad SMARTS) is 2. The SMILES string of the molecule is CCC(C)C(NC(=O)C(CO)NC(=O)C(N)CC(=O)O)C(=O)NC(CC(C)C)C(=O)O. The zero-order chi connectivity index (χ0) is 24.3. The standard InChI is InChI=1S/C19H34N4O8/c1-5-10(4)15(18(29)21-12(19(30)31)6-9(2)3)23-17(28)13(8-24)22-16(27)11(20)7-14(25)26/h9-13,15,24H,5-8,20H2,1-4H3,(H,21,29)(H,22,27)(H,23,28)(H,25,26)(H,30,31). The van der Waals surface area contributed by atoms with E-state index in [0.29, 0.717) is 6.42 Å². The molecule has 0 fully saturated rings. The molecule has 0 radical (unpaired) electrons.